The molecule has 2 nitrogen and oxygen atoms in total. The number of nitriles is 1. The van der Waals surface area contributed by atoms with Crippen LogP contribution in [-0.4, -0.2) is 4.98 Å². The van der Waals surface area contributed by atoms with E-state index in [-0.39, 0.29) is 0 Å². The van der Waals surface area contributed by atoms with E-state index >= 15 is 0 Å². The van der Waals surface area contributed by atoms with Crippen molar-refractivity contribution in [2.45, 2.75) is 12.8 Å². The van der Waals surface area contributed by atoms with Gasteiger partial charge in [0.05, 0.1) is 0 Å². The van der Waals surface area contributed by atoms with Gasteiger partial charge >= 0.3 is 0 Å². The van der Waals surface area contributed by atoms with E-state index in [2.05, 4.69) is 11.9 Å². The third-order valence-corrected chi connectivity index (χ3v) is 1.40. The lowest BCUT2D eigenvalue weighted by atomic mass is 10.1. The molecule has 0 amide bonds. The zero-order valence-corrected chi connectivity index (χ0v) is 6.25. The second kappa shape index (κ2) is 3.72. The Labute approximate surface area is 66.5 Å². The molecule has 2 heteroatoms. The molecule has 55 valence electrons. The van der Waals surface area contributed by atoms with Crippen molar-refractivity contribution in [2.24, 2.45) is 0 Å². The van der Waals surface area contributed by atoms with Gasteiger partial charge in [0.15, 0.2) is 0 Å². The van der Waals surface area contributed by atoms with Crippen LogP contribution in [0.1, 0.15) is 17.7 Å². The average Bonchev–Trinajstić information content (AvgIpc) is 2.06. The first-order valence-corrected chi connectivity index (χ1v) is 3.51. The molecule has 0 saturated heterocycles. The van der Waals surface area contributed by atoms with Gasteiger partial charge in [-0.25, -0.2) is 4.98 Å². The second-order valence-corrected chi connectivity index (χ2v) is 2.26. The molecule has 0 fully saturated rings. The molecule has 0 N–H and O–H groups in total. The Hall–Kier alpha value is -1.36. The Kier molecular flexibility index (Phi) is 2.62. The second-order valence-electron chi connectivity index (χ2n) is 2.26. The Morgan fingerprint density at radius 3 is 3.09 bits per heavy atom. The van der Waals surface area contributed by atoms with Gasteiger partial charge in [0.2, 0.25) is 0 Å². The van der Waals surface area contributed by atoms with Crippen LogP contribution in [0.5, 0.6) is 0 Å². The number of hydrogen-bond acceptors (Lipinski definition) is 2. The molecule has 0 aliphatic carbocycles. The zero-order valence-electron chi connectivity index (χ0n) is 6.25. The van der Waals surface area contributed by atoms with Crippen molar-refractivity contribution in [1.29, 1.82) is 5.26 Å². The summed E-state index contributed by atoms with van der Waals surface area (Å²) in [6.45, 7) is 3.73. The summed E-state index contributed by atoms with van der Waals surface area (Å²) in [6.07, 6.45) is 3.43. The number of pyridine rings is 1. The standard InChI is InChI=1S/C9H9N2/c1-2-3-8-4-5-11-9(6-8)7-10/h4-6H,1-3H2. The molecule has 1 aromatic rings. The minimum atomic E-state index is 0.482. The van der Waals surface area contributed by atoms with Gasteiger partial charge in [0, 0.05) is 6.20 Å². The van der Waals surface area contributed by atoms with Crippen LogP contribution in [0.3, 0.4) is 0 Å². The lowest BCUT2D eigenvalue weighted by molar-refractivity contribution is 0.989. The molecule has 0 aliphatic heterocycles. The summed E-state index contributed by atoms with van der Waals surface area (Å²) in [7, 11) is 0. The van der Waals surface area contributed by atoms with Crippen LogP contribution >= 0.6 is 0 Å². The Balaban J connectivity index is 2.85. The summed E-state index contributed by atoms with van der Waals surface area (Å²) in [5.41, 5.74) is 1.61. The lowest BCUT2D eigenvalue weighted by Crippen LogP contribution is -1.87. The van der Waals surface area contributed by atoms with Crippen LogP contribution in [-0.2, 0) is 6.42 Å². The predicted molar refractivity (Wildman–Crippen MR) is 42.6 cm³/mol. The van der Waals surface area contributed by atoms with Gasteiger partial charge in [-0.2, -0.15) is 5.26 Å². The Bertz CT molecular complexity index is 273. The molecular formula is C9H9N2. The highest BCUT2D eigenvalue weighted by atomic mass is 14.7. The molecule has 1 radical (unpaired) electrons. The molecule has 1 heterocycles. The first-order valence-electron chi connectivity index (χ1n) is 3.51. The fourth-order valence-corrected chi connectivity index (χ4v) is 0.895. The van der Waals surface area contributed by atoms with Gasteiger partial charge in [0.25, 0.3) is 0 Å². The third kappa shape index (κ3) is 2.05. The number of aromatic nitrogens is 1. The Morgan fingerprint density at radius 1 is 1.64 bits per heavy atom. The van der Waals surface area contributed by atoms with Gasteiger partial charge < -0.3 is 0 Å². The predicted octanol–water partition coefficient (Wildman–Crippen LogP) is 1.72. The van der Waals surface area contributed by atoms with Crippen LogP contribution in [0.15, 0.2) is 18.3 Å². The van der Waals surface area contributed by atoms with Crippen LogP contribution in [0, 0.1) is 18.3 Å². The van der Waals surface area contributed by atoms with E-state index in [9.17, 15) is 0 Å². The van der Waals surface area contributed by atoms with Crippen molar-refractivity contribution in [3.05, 3.63) is 36.5 Å². The minimum absolute atomic E-state index is 0.482. The first kappa shape index (κ1) is 7.74. The average molecular weight is 145 g/mol. The first-order chi connectivity index (χ1) is 5.36. The van der Waals surface area contributed by atoms with E-state index in [4.69, 9.17) is 5.26 Å². The minimum Gasteiger partial charge on any atom is -0.246 e. The quantitative estimate of drug-likeness (QED) is 0.635. The molecule has 11 heavy (non-hydrogen) atoms. The van der Waals surface area contributed by atoms with E-state index in [0.29, 0.717) is 5.69 Å². The maximum atomic E-state index is 8.50. The van der Waals surface area contributed by atoms with E-state index in [0.717, 1.165) is 18.4 Å². The zero-order chi connectivity index (χ0) is 8.10. The molecule has 0 aliphatic rings. The molecule has 0 unspecified atom stereocenters. The SMILES string of the molecule is [CH2]CCc1ccnc(C#N)c1. The monoisotopic (exact) mass is 145 g/mol. The highest BCUT2D eigenvalue weighted by Crippen LogP contribution is 2.02. The van der Waals surface area contributed by atoms with Crippen LogP contribution in [0.25, 0.3) is 0 Å². The number of aryl methyl sites for hydroxylation is 1. The van der Waals surface area contributed by atoms with Crippen molar-refractivity contribution in [3.8, 4) is 6.07 Å². The fraction of sp³-hybridized carbons (Fsp3) is 0.222. The summed E-state index contributed by atoms with van der Waals surface area (Å²) in [6, 6.07) is 5.70. The highest BCUT2D eigenvalue weighted by molar-refractivity contribution is 5.25. The van der Waals surface area contributed by atoms with Crippen molar-refractivity contribution >= 4 is 0 Å². The highest BCUT2D eigenvalue weighted by Gasteiger charge is 1.93. The molecule has 0 saturated carbocycles. The fourth-order valence-electron chi connectivity index (χ4n) is 0.895. The normalized spacial score (nSPS) is 9.09. The third-order valence-electron chi connectivity index (χ3n) is 1.40. The Morgan fingerprint density at radius 2 is 2.45 bits per heavy atom. The van der Waals surface area contributed by atoms with E-state index in [1.807, 2.05) is 12.1 Å². The smallest absolute Gasteiger partial charge is 0.140 e. The summed E-state index contributed by atoms with van der Waals surface area (Å²) >= 11 is 0. The van der Waals surface area contributed by atoms with E-state index < -0.39 is 0 Å². The van der Waals surface area contributed by atoms with Crippen molar-refractivity contribution in [3.63, 3.8) is 0 Å². The van der Waals surface area contributed by atoms with Gasteiger partial charge in [-0.3, -0.25) is 0 Å². The molecule has 0 aromatic carbocycles. The maximum absolute atomic E-state index is 8.50. The largest absolute Gasteiger partial charge is 0.246 e. The van der Waals surface area contributed by atoms with Crippen molar-refractivity contribution in [2.75, 3.05) is 0 Å². The lowest BCUT2D eigenvalue weighted by Gasteiger charge is -1.95. The van der Waals surface area contributed by atoms with Crippen LogP contribution in [0.2, 0.25) is 0 Å². The van der Waals surface area contributed by atoms with Gasteiger partial charge in [-0.1, -0.05) is 6.92 Å². The maximum Gasteiger partial charge on any atom is 0.140 e. The molecule has 0 bridgehead atoms. The molecule has 1 aromatic heterocycles. The van der Waals surface area contributed by atoms with Crippen molar-refractivity contribution < 1.29 is 0 Å². The van der Waals surface area contributed by atoms with Crippen LogP contribution in [0.4, 0.5) is 0 Å². The van der Waals surface area contributed by atoms with Gasteiger partial charge in [-0.15, -0.1) is 0 Å². The van der Waals surface area contributed by atoms with Gasteiger partial charge in [-0.05, 0) is 30.5 Å². The molecule has 0 spiro atoms. The summed E-state index contributed by atoms with van der Waals surface area (Å²) < 4.78 is 0. The summed E-state index contributed by atoms with van der Waals surface area (Å²) in [5.74, 6) is 0. The van der Waals surface area contributed by atoms with E-state index in [1.165, 1.54) is 0 Å². The topological polar surface area (TPSA) is 36.7 Å². The van der Waals surface area contributed by atoms with Gasteiger partial charge in [0.1, 0.15) is 11.8 Å². The van der Waals surface area contributed by atoms with Crippen molar-refractivity contribution in [1.82, 2.24) is 4.98 Å². The molecule has 0 atom stereocenters. The summed E-state index contributed by atoms with van der Waals surface area (Å²) in [5, 5.41) is 8.50. The summed E-state index contributed by atoms with van der Waals surface area (Å²) in [4.78, 5) is 3.86. The molecular weight excluding hydrogens is 136 g/mol. The van der Waals surface area contributed by atoms with E-state index in [1.54, 1.807) is 12.3 Å². The number of rotatable bonds is 2. The number of hydrogen-bond donors (Lipinski definition) is 0. The molecule has 1 rings (SSSR count). The number of nitrogens with zero attached hydrogens (tertiary/aromatic N) is 2. The van der Waals surface area contributed by atoms with Crippen LogP contribution < -0.4 is 0 Å².